The van der Waals surface area contributed by atoms with Gasteiger partial charge in [-0.1, -0.05) is 23.4 Å². The van der Waals surface area contributed by atoms with Crippen LogP contribution < -0.4 is 0 Å². The third-order valence-corrected chi connectivity index (χ3v) is 2.42. The quantitative estimate of drug-likeness (QED) is 0.744. The molecule has 0 atom stereocenters. The molecule has 1 heterocycles. The molecule has 4 heteroatoms. The summed E-state index contributed by atoms with van der Waals surface area (Å²) in [6, 6.07) is 5.53. The van der Waals surface area contributed by atoms with Gasteiger partial charge < -0.3 is 10.1 Å². The zero-order valence-electron chi connectivity index (χ0n) is 8.25. The molecule has 0 aliphatic rings. The lowest BCUT2D eigenvalue weighted by Gasteiger charge is -1.96. The van der Waals surface area contributed by atoms with E-state index in [1.807, 2.05) is 18.3 Å². The van der Waals surface area contributed by atoms with Gasteiger partial charge in [0.05, 0.1) is 5.02 Å². The number of carboxylic acid groups (broad SMARTS) is 1. The van der Waals surface area contributed by atoms with Crippen LogP contribution in [0, 0.1) is 11.8 Å². The van der Waals surface area contributed by atoms with E-state index in [4.69, 9.17) is 16.7 Å². The maximum absolute atomic E-state index is 10.3. The van der Waals surface area contributed by atoms with Crippen molar-refractivity contribution < 1.29 is 9.90 Å². The highest BCUT2D eigenvalue weighted by Gasteiger charge is 2.01. The first-order valence-electron chi connectivity index (χ1n) is 4.64. The molecule has 0 amide bonds. The summed E-state index contributed by atoms with van der Waals surface area (Å²) < 4.78 is 0. The van der Waals surface area contributed by atoms with Gasteiger partial charge in [0, 0.05) is 22.7 Å². The smallest absolute Gasteiger partial charge is 0.315 e. The van der Waals surface area contributed by atoms with Crippen LogP contribution in [0.15, 0.2) is 24.4 Å². The van der Waals surface area contributed by atoms with E-state index in [2.05, 4.69) is 16.8 Å². The van der Waals surface area contributed by atoms with Crippen molar-refractivity contribution in [3.05, 3.63) is 35.0 Å². The Kier molecular flexibility index (Phi) is 2.84. The molecule has 1 aromatic heterocycles. The van der Waals surface area contributed by atoms with Crippen LogP contribution in [-0.2, 0) is 4.79 Å². The highest BCUT2D eigenvalue weighted by molar-refractivity contribution is 6.32. The second kappa shape index (κ2) is 4.30. The van der Waals surface area contributed by atoms with Gasteiger partial charge in [0.1, 0.15) is 6.42 Å². The molecule has 16 heavy (non-hydrogen) atoms. The summed E-state index contributed by atoms with van der Waals surface area (Å²) in [6.45, 7) is 0. The van der Waals surface area contributed by atoms with Gasteiger partial charge in [-0.3, -0.25) is 4.79 Å². The molecule has 2 N–H and O–H groups in total. The zero-order chi connectivity index (χ0) is 11.5. The minimum absolute atomic E-state index is 0.179. The van der Waals surface area contributed by atoms with Gasteiger partial charge in [-0.25, -0.2) is 0 Å². The Morgan fingerprint density at radius 1 is 1.50 bits per heavy atom. The first-order valence-corrected chi connectivity index (χ1v) is 5.02. The number of aromatic amines is 1. The van der Waals surface area contributed by atoms with Crippen LogP contribution in [0.1, 0.15) is 12.0 Å². The SMILES string of the molecule is O=C(O)CC#Cc1cc2cc[nH]c2cc1Cl. The minimum Gasteiger partial charge on any atom is -0.481 e. The maximum Gasteiger partial charge on any atom is 0.315 e. The van der Waals surface area contributed by atoms with Gasteiger partial charge in [-0.2, -0.15) is 0 Å². The second-order valence-electron chi connectivity index (χ2n) is 3.27. The number of hydrogen-bond acceptors (Lipinski definition) is 1. The third-order valence-electron chi connectivity index (χ3n) is 2.10. The van der Waals surface area contributed by atoms with Crippen LogP contribution in [0.25, 0.3) is 10.9 Å². The number of carboxylic acids is 1. The average molecular weight is 234 g/mol. The monoisotopic (exact) mass is 233 g/mol. The Labute approximate surface area is 97.0 Å². The predicted octanol–water partition coefficient (Wildman–Crippen LogP) is 2.65. The van der Waals surface area contributed by atoms with Gasteiger partial charge in [-0.05, 0) is 18.2 Å². The van der Waals surface area contributed by atoms with E-state index < -0.39 is 5.97 Å². The van der Waals surface area contributed by atoms with E-state index in [0.29, 0.717) is 10.6 Å². The van der Waals surface area contributed by atoms with Crippen molar-refractivity contribution in [3.8, 4) is 11.8 Å². The largest absolute Gasteiger partial charge is 0.481 e. The number of fused-ring (bicyclic) bond motifs is 1. The number of benzene rings is 1. The number of halogens is 1. The van der Waals surface area contributed by atoms with Crippen LogP contribution in [0.2, 0.25) is 5.02 Å². The van der Waals surface area contributed by atoms with Crippen molar-refractivity contribution in [1.29, 1.82) is 0 Å². The Balaban J connectivity index is 2.38. The molecule has 0 unspecified atom stereocenters. The molecule has 0 spiro atoms. The van der Waals surface area contributed by atoms with Crippen molar-refractivity contribution in [1.82, 2.24) is 4.98 Å². The maximum atomic E-state index is 10.3. The van der Waals surface area contributed by atoms with Crippen LogP contribution >= 0.6 is 11.6 Å². The molecule has 0 aliphatic carbocycles. The van der Waals surface area contributed by atoms with E-state index in [1.54, 1.807) is 6.07 Å². The normalized spacial score (nSPS) is 9.81. The third kappa shape index (κ3) is 2.18. The second-order valence-corrected chi connectivity index (χ2v) is 3.68. The summed E-state index contributed by atoms with van der Waals surface area (Å²) in [5.41, 5.74) is 1.59. The molecule has 0 radical (unpaired) electrons. The first kappa shape index (κ1) is 10.6. The van der Waals surface area contributed by atoms with Crippen LogP contribution in [-0.4, -0.2) is 16.1 Å². The molecule has 2 aromatic rings. The Morgan fingerprint density at radius 3 is 3.06 bits per heavy atom. The molecular weight excluding hydrogens is 226 g/mol. The van der Waals surface area contributed by atoms with E-state index >= 15 is 0 Å². The summed E-state index contributed by atoms with van der Waals surface area (Å²) >= 11 is 6.01. The lowest BCUT2D eigenvalue weighted by Crippen LogP contribution is -1.90. The molecule has 0 saturated carbocycles. The fourth-order valence-corrected chi connectivity index (χ4v) is 1.60. The van der Waals surface area contributed by atoms with Gasteiger partial charge in [0.2, 0.25) is 0 Å². The Hall–Kier alpha value is -1.92. The standard InChI is InChI=1S/C12H8ClNO2/c13-10-7-11-9(4-5-14-11)6-8(10)2-1-3-12(15)16/h4-7,14H,3H2,(H,15,16). The lowest BCUT2D eigenvalue weighted by atomic mass is 10.1. The summed E-state index contributed by atoms with van der Waals surface area (Å²) in [4.78, 5) is 13.3. The molecule has 80 valence electrons. The summed E-state index contributed by atoms with van der Waals surface area (Å²) in [5, 5.41) is 9.98. The number of aromatic nitrogens is 1. The number of rotatable bonds is 1. The van der Waals surface area contributed by atoms with Gasteiger partial charge in [0.25, 0.3) is 0 Å². The average Bonchev–Trinajstić information content (AvgIpc) is 2.64. The van der Waals surface area contributed by atoms with Gasteiger partial charge in [0.15, 0.2) is 0 Å². The van der Waals surface area contributed by atoms with Crippen molar-refractivity contribution in [2.75, 3.05) is 0 Å². The highest BCUT2D eigenvalue weighted by Crippen LogP contribution is 2.22. The number of carbonyl (C=O) groups is 1. The topological polar surface area (TPSA) is 53.1 Å². The molecule has 0 saturated heterocycles. The molecule has 0 fully saturated rings. The van der Waals surface area contributed by atoms with E-state index in [9.17, 15) is 4.79 Å². The van der Waals surface area contributed by atoms with E-state index in [1.165, 1.54) is 0 Å². The van der Waals surface area contributed by atoms with Gasteiger partial charge in [-0.15, -0.1) is 0 Å². The number of aliphatic carboxylic acids is 1. The number of hydrogen-bond donors (Lipinski definition) is 2. The zero-order valence-corrected chi connectivity index (χ0v) is 9.01. The fourth-order valence-electron chi connectivity index (χ4n) is 1.38. The molecule has 1 aromatic carbocycles. The number of nitrogens with one attached hydrogen (secondary N) is 1. The van der Waals surface area contributed by atoms with Crippen molar-refractivity contribution in [3.63, 3.8) is 0 Å². The first-order chi connectivity index (χ1) is 7.66. The summed E-state index contributed by atoms with van der Waals surface area (Å²) in [7, 11) is 0. The van der Waals surface area contributed by atoms with Crippen LogP contribution in [0.4, 0.5) is 0 Å². The van der Waals surface area contributed by atoms with E-state index in [-0.39, 0.29) is 6.42 Å². The summed E-state index contributed by atoms with van der Waals surface area (Å²) in [6.07, 6.45) is 1.64. The van der Waals surface area contributed by atoms with Gasteiger partial charge >= 0.3 is 5.97 Å². The molecular formula is C12H8ClNO2. The lowest BCUT2D eigenvalue weighted by molar-refractivity contribution is -0.135. The molecule has 2 rings (SSSR count). The summed E-state index contributed by atoms with van der Waals surface area (Å²) in [5.74, 6) is 4.37. The Morgan fingerprint density at radius 2 is 2.31 bits per heavy atom. The Bertz CT molecular complexity index is 604. The highest BCUT2D eigenvalue weighted by atomic mass is 35.5. The van der Waals surface area contributed by atoms with Crippen molar-refractivity contribution in [2.45, 2.75) is 6.42 Å². The number of H-pyrrole nitrogens is 1. The minimum atomic E-state index is -0.939. The van der Waals surface area contributed by atoms with Crippen molar-refractivity contribution >= 4 is 28.5 Å². The molecule has 0 aliphatic heterocycles. The fraction of sp³-hybridized carbons (Fsp3) is 0.0833. The molecule has 0 bridgehead atoms. The van der Waals surface area contributed by atoms with Crippen molar-refractivity contribution in [2.24, 2.45) is 0 Å². The predicted molar refractivity (Wildman–Crippen MR) is 62.4 cm³/mol. The van der Waals surface area contributed by atoms with Crippen LogP contribution in [0.5, 0.6) is 0 Å². The van der Waals surface area contributed by atoms with E-state index in [0.717, 1.165) is 10.9 Å². The van der Waals surface area contributed by atoms with Crippen LogP contribution in [0.3, 0.4) is 0 Å². The molecule has 3 nitrogen and oxygen atoms in total.